The van der Waals surface area contributed by atoms with E-state index in [2.05, 4.69) is 15.9 Å². The third-order valence-electron chi connectivity index (χ3n) is 2.05. The van der Waals surface area contributed by atoms with Gasteiger partial charge in [0.15, 0.2) is 0 Å². The Kier molecular flexibility index (Phi) is 4.50. The van der Waals surface area contributed by atoms with E-state index < -0.39 is 5.91 Å². The summed E-state index contributed by atoms with van der Waals surface area (Å²) in [5, 5.41) is 17.2. The zero-order valence-corrected chi connectivity index (χ0v) is 10.4. The fourth-order valence-electron chi connectivity index (χ4n) is 1.27. The standard InChI is InChI=1S/C11H9BrN4O/c12-8-1-2-9(10(15)7-8)11(17)16(5-3-13)6-4-14/h1-2,7H,5-6,15H2. The van der Waals surface area contributed by atoms with Crippen molar-refractivity contribution in [3.8, 4) is 12.1 Å². The smallest absolute Gasteiger partial charge is 0.257 e. The van der Waals surface area contributed by atoms with Gasteiger partial charge in [-0.15, -0.1) is 0 Å². The van der Waals surface area contributed by atoms with E-state index in [1.54, 1.807) is 18.2 Å². The summed E-state index contributed by atoms with van der Waals surface area (Å²) in [6.07, 6.45) is 0. The van der Waals surface area contributed by atoms with Crippen LogP contribution in [0.25, 0.3) is 0 Å². The molecule has 0 fully saturated rings. The molecule has 17 heavy (non-hydrogen) atoms. The first kappa shape index (κ1) is 13.0. The minimum Gasteiger partial charge on any atom is -0.398 e. The van der Waals surface area contributed by atoms with Crippen molar-refractivity contribution in [1.82, 2.24) is 4.90 Å². The fourth-order valence-corrected chi connectivity index (χ4v) is 1.65. The molecule has 0 unspecified atom stereocenters. The number of anilines is 1. The number of nitrogens with two attached hydrogens (primary N) is 1. The Morgan fingerprint density at radius 3 is 2.41 bits per heavy atom. The van der Waals surface area contributed by atoms with Crippen molar-refractivity contribution in [2.75, 3.05) is 18.8 Å². The maximum absolute atomic E-state index is 12.0. The number of nitrogens with zero attached hydrogens (tertiary/aromatic N) is 3. The lowest BCUT2D eigenvalue weighted by Crippen LogP contribution is -2.32. The van der Waals surface area contributed by atoms with Gasteiger partial charge in [-0.25, -0.2) is 0 Å². The van der Waals surface area contributed by atoms with Gasteiger partial charge in [0.2, 0.25) is 0 Å². The number of nitriles is 2. The number of halogens is 1. The molecule has 0 bridgehead atoms. The third-order valence-corrected chi connectivity index (χ3v) is 2.55. The number of amides is 1. The second-order valence-corrected chi connectivity index (χ2v) is 4.12. The van der Waals surface area contributed by atoms with E-state index in [4.69, 9.17) is 16.3 Å². The summed E-state index contributed by atoms with van der Waals surface area (Å²) >= 11 is 3.23. The van der Waals surface area contributed by atoms with E-state index in [0.717, 1.165) is 9.37 Å². The first-order valence-corrected chi connectivity index (χ1v) is 5.47. The number of hydrogen-bond donors (Lipinski definition) is 1. The van der Waals surface area contributed by atoms with Crippen molar-refractivity contribution in [3.05, 3.63) is 28.2 Å². The van der Waals surface area contributed by atoms with Gasteiger partial charge in [-0.2, -0.15) is 10.5 Å². The van der Waals surface area contributed by atoms with E-state index in [-0.39, 0.29) is 13.1 Å². The summed E-state index contributed by atoms with van der Waals surface area (Å²) in [6.45, 7) is -0.274. The highest BCUT2D eigenvalue weighted by Crippen LogP contribution is 2.19. The Balaban J connectivity index is 3.02. The molecule has 0 spiro atoms. The highest BCUT2D eigenvalue weighted by atomic mass is 79.9. The van der Waals surface area contributed by atoms with Crippen LogP contribution in [-0.2, 0) is 0 Å². The number of benzene rings is 1. The van der Waals surface area contributed by atoms with Crippen LogP contribution in [0.15, 0.2) is 22.7 Å². The fraction of sp³-hybridized carbons (Fsp3) is 0.182. The molecule has 1 aromatic carbocycles. The molecule has 86 valence electrons. The van der Waals surface area contributed by atoms with Crippen molar-refractivity contribution >= 4 is 27.5 Å². The monoisotopic (exact) mass is 292 g/mol. The van der Waals surface area contributed by atoms with Gasteiger partial charge in [-0.3, -0.25) is 4.79 Å². The molecule has 6 heteroatoms. The minimum atomic E-state index is -0.418. The third kappa shape index (κ3) is 3.20. The zero-order chi connectivity index (χ0) is 12.8. The zero-order valence-electron chi connectivity index (χ0n) is 8.85. The lowest BCUT2D eigenvalue weighted by atomic mass is 10.1. The van der Waals surface area contributed by atoms with E-state index >= 15 is 0 Å². The summed E-state index contributed by atoms with van der Waals surface area (Å²) in [4.78, 5) is 13.1. The summed E-state index contributed by atoms with van der Waals surface area (Å²) in [6, 6.07) is 8.52. The van der Waals surface area contributed by atoms with Gasteiger partial charge in [0.05, 0.1) is 17.7 Å². The lowest BCUT2D eigenvalue weighted by molar-refractivity contribution is 0.0796. The first-order chi connectivity index (χ1) is 8.10. The van der Waals surface area contributed by atoms with Gasteiger partial charge in [-0.05, 0) is 18.2 Å². The number of carbonyl (C=O) groups is 1. The lowest BCUT2D eigenvalue weighted by Gasteiger charge is -2.16. The molecule has 2 N–H and O–H groups in total. The SMILES string of the molecule is N#CCN(CC#N)C(=O)c1ccc(Br)cc1N. The Bertz CT molecular complexity index is 499. The van der Waals surface area contributed by atoms with Crippen molar-refractivity contribution in [3.63, 3.8) is 0 Å². The van der Waals surface area contributed by atoms with Crippen molar-refractivity contribution in [2.45, 2.75) is 0 Å². The molecule has 0 atom stereocenters. The van der Waals surface area contributed by atoms with E-state index in [0.29, 0.717) is 11.3 Å². The average molecular weight is 293 g/mol. The topological polar surface area (TPSA) is 93.9 Å². The van der Waals surface area contributed by atoms with Gasteiger partial charge in [-0.1, -0.05) is 15.9 Å². The van der Waals surface area contributed by atoms with Crippen LogP contribution in [0.3, 0.4) is 0 Å². The molecular weight excluding hydrogens is 284 g/mol. The van der Waals surface area contributed by atoms with Gasteiger partial charge in [0.25, 0.3) is 5.91 Å². The second-order valence-electron chi connectivity index (χ2n) is 3.21. The summed E-state index contributed by atoms with van der Waals surface area (Å²) in [5.41, 5.74) is 6.31. The van der Waals surface area contributed by atoms with Gasteiger partial charge in [0, 0.05) is 10.2 Å². The molecule has 1 amide bonds. The van der Waals surface area contributed by atoms with Crippen LogP contribution in [0.4, 0.5) is 5.69 Å². The van der Waals surface area contributed by atoms with E-state index in [9.17, 15) is 4.79 Å². The molecular formula is C11H9BrN4O. The van der Waals surface area contributed by atoms with Crippen LogP contribution in [0, 0.1) is 22.7 Å². The van der Waals surface area contributed by atoms with Crippen LogP contribution < -0.4 is 5.73 Å². The number of carbonyl (C=O) groups excluding carboxylic acids is 1. The molecule has 0 aliphatic rings. The molecule has 0 saturated carbocycles. The van der Waals surface area contributed by atoms with Crippen LogP contribution in [-0.4, -0.2) is 23.9 Å². The predicted molar refractivity (Wildman–Crippen MR) is 65.7 cm³/mol. The van der Waals surface area contributed by atoms with Crippen molar-refractivity contribution in [1.29, 1.82) is 10.5 Å². The molecule has 0 saturated heterocycles. The van der Waals surface area contributed by atoms with Gasteiger partial charge in [0.1, 0.15) is 13.1 Å². The molecule has 1 rings (SSSR count). The van der Waals surface area contributed by atoms with Crippen LogP contribution in [0.5, 0.6) is 0 Å². The molecule has 1 aromatic rings. The Labute approximate surface area is 107 Å². The molecule has 5 nitrogen and oxygen atoms in total. The largest absolute Gasteiger partial charge is 0.398 e. The maximum Gasteiger partial charge on any atom is 0.257 e. The van der Waals surface area contributed by atoms with Crippen molar-refractivity contribution in [2.24, 2.45) is 0 Å². The molecule has 0 radical (unpaired) electrons. The number of hydrogen-bond acceptors (Lipinski definition) is 4. The predicted octanol–water partition coefficient (Wildman–Crippen LogP) is 1.52. The minimum absolute atomic E-state index is 0.137. The number of nitrogen functional groups attached to an aromatic ring is 1. The van der Waals surface area contributed by atoms with Crippen LogP contribution >= 0.6 is 15.9 Å². The maximum atomic E-state index is 12.0. The Morgan fingerprint density at radius 2 is 1.94 bits per heavy atom. The highest BCUT2D eigenvalue weighted by molar-refractivity contribution is 9.10. The Morgan fingerprint density at radius 1 is 1.35 bits per heavy atom. The van der Waals surface area contributed by atoms with Crippen LogP contribution in [0.1, 0.15) is 10.4 Å². The molecule has 0 aromatic heterocycles. The van der Waals surface area contributed by atoms with Gasteiger partial charge < -0.3 is 10.6 Å². The number of rotatable bonds is 3. The second kappa shape index (κ2) is 5.88. The molecule has 0 aliphatic heterocycles. The molecule has 0 heterocycles. The quantitative estimate of drug-likeness (QED) is 0.675. The molecule has 0 aliphatic carbocycles. The van der Waals surface area contributed by atoms with Crippen LogP contribution in [0.2, 0.25) is 0 Å². The van der Waals surface area contributed by atoms with Crippen molar-refractivity contribution < 1.29 is 4.79 Å². The summed E-state index contributed by atoms with van der Waals surface area (Å²) in [7, 11) is 0. The highest BCUT2D eigenvalue weighted by Gasteiger charge is 2.17. The average Bonchev–Trinajstić information content (AvgIpc) is 2.28. The van der Waals surface area contributed by atoms with E-state index in [1.807, 2.05) is 12.1 Å². The van der Waals surface area contributed by atoms with E-state index in [1.165, 1.54) is 0 Å². The van der Waals surface area contributed by atoms with Gasteiger partial charge >= 0.3 is 0 Å². The normalized spacial score (nSPS) is 9.12. The summed E-state index contributed by atoms with van der Waals surface area (Å²) in [5.74, 6) is -0.418. The summed E-state index contributed by atoms with van der Waals surface area (Å²) < 4.78 is 0.763. The first-order valence-electron chi connectivity index (χ1n) is 4.68. The Hall–Kier alpha value is -2.05.